The Hall–Kier alpha value is -2.37. The van der Waals surface area contributed by atoms with E-state index in [1.54, 1.807) is 21.0 Å². The van der Waals surface area contributed by atoms with Crippen LogP contribution in [-0.4, -0.2) is 29.8 Å². The van der Waals surface area contributed by atoms with Crippen LogP contribution in [0.4, 0.5) is 0 Å². The molecule has 0 bridgehead atoms. The Morgan fingerprint density at radius 1 is 1.43 bits per heavy atom. The van der Waals surface area contributed by atoms with Crippen LogP contribution in [0.2, 0.25) is 0 Å². The molecule has 0 aliphatic rings. The maximum Gasteiger partial charge on any atom is 0.318 e. The second-order valence-corrected chi connectivity index (χ2v) is 4.55. The molecule has 2 aromatic rings. The first-order valence-electron chi connectivity index (χ1n) is 6.76. The summed E-state index contributed by atoms with van der Waals surface area (Å²) < 4.78 is 15.2. The fraction of sp³-hybridized carbons (Fsp3) is 0.400. The van der Waals surface area contributed by atoms with E-state index in [4.69, 9.17) is 14.0 Å². The highest BCUT2D eigenvalue weighted by Crippen LogP contribution is 2.18. The average Bonchev–Trinajstić information content (AvgIpc) is 2.95. The lowest BCUT2D eigenvalue weighted by atomic mass is 10.1. The highest BCUT2D eigenvalue weighted by Gasteiger charge is 2.23. The van der Waals surface area contributed by atoms with E-state index in [-0.39, 0.29) is 11.9 Å². The standard InChI is InChI=1S/C15H18N2O4/c1-4-20-15(18)10(2)14-16-13(17-21-14)9-11-6-5-7-12(8-11)19-3/h5-8,10H,4,9H2,1-3H3. The molecule has 0 saturated heterocycles. The van der Waals surface area contributed by atoms with Crippen LogP contribution >= 0.6 is 0 Å². The number of ether oxygens (including phenoxy) is 2. The van der Waals surface area contributed by atoms with Crippen LogP contribution in [0.15, 0.2) is 28.8 Å². The van der Waals surface area contributed by atoms with E-state index >= 15 is 0 Å². The Kier molecular flexibility index (Phi) is 4.92. The van der Waals surface area contributed by atoms with Crippen molar-refractivity contribution < 1.29 is 18.8 Å². The lowest BCUT2D eigenvalue weighted by Gasteiger charge is -2.04. The molecule has 0 aliphatic heterocycles. The second-order valence-electron chi connectivity index (χ2n) is 4.55. The minimum absolute atomic E-state index is 0.270. The molecule has 1 heterocycles. The maximum atomic E-state index is 11.6. The summed E-state index contributed by atoms with van der Waals surface area (Å²) in [5, 5.41) is 3.90. The first-order valence-corrected chi connectivity index (χ1v) is 6.76. The molecule has 0 radical (unpaired) electrons. The number of esters is 1. The predicted molar refractivity (Wildman–Crippen MR) is 75.1 cm³/mol. The summed E-state index contributed by atoms with van der Waals surface area (Å²) in [6.45, 7) is 3.77. The van der Waals surface area contributed by atoms with Crippen molar-refractivity contribution in [3.05, 3.63) is 41.5 Å². The van der Waals surface area contributed by atoms with Crippen LogP contribution in [0.1, 0.15) is 37.0 Å². The minimum atomic E-state index is -0.559. The van der Waals surface area contributed by atoms with Crippen molar-refractivity contribution in [2.75, 3.05) is 13.7 Å². The lowest BCUT2D eigenvalue weighted by Crippen LogP contribution is -2.13. The Morgan fingerprint density at radius 3 is 2.95 bits per heavy atom. The highest BCUT2D eigenvalue weighted by molar-refractivity contribution is 5.76. The Morgan fingerprint density at radius 2 is 2.24 bits per heavy atom. The fourth-order valence-electron chi connectivity index (χ4n) is 1.85. The van der Waals surface area contributed by atoms with Crippen molar-refractivity contribution in [3.63, 3.8) is 0 Å². The van der Waals surface area contributed by atoms with Gasteiger partial charge in [-0.1, -0.05) is 17.3 Å². The number of aromatic nitrogens is 2. The summed E-state index contributed by atoms with van der Waals surface area (Å²) in [5.74, 6) is 0.641. The zero-order chi connectivity index (χ0) is 15.2. The molecule has 0 saturated carbocycles. The van der Waals surface area contributed by atoms with Gasteiger partial charge >= 0.3 is 5.97 Å². The minimum Gasteiger partial charge on any atom is -0.497 e. The molecule has 21 heavy (non-hydrogen) atoms. The molecule has 0 spiro atoms. The number of methoxy groups -OCH3 is 1. The molecule has 0 fully saturated rings. The van der Waals surface area contributed by atoms with Gasteiger partial charge in [-0.2, -0.15) is 4.98 Å². The van der Waals surface area contributed by atoms with Gasteiger partial charge in [0.1, 0.15) is 11.7 Å². The molecule has 1 unspecified atom stereocenters. The van der Waals surface area contributed by atoms with Crippen molar-refractivity contribution in [1.29, 1.82) is 0 Å². The van der Waals surface area contributed by atoms with Crippen LogP contribution in [0.5, 0.6) is 5.75 Å². The average molecular weight is 290 g/mol. The maximum absolute atomic E-state index is 11.6. The molecule has 0 amide bonds. The first-order chi connectivity index (χ1) is 10.1. The molecule has 1 aromatic carbocycles. The number of benzene rings is 1. The third-order valence-electron chi connectivity index (χ3n) is 2.99. The Bertz CT molecular complexity index is 609. The highest BCUT2D eigenvalue weighted by atomic mass is 16.5. The van der Waals surface area contributed by atoms with E-state index in [0.717, 1.165) is 11.3 Å². The van der Waals surface area contributed by atoms with Crippen molar-refractivity contribution in [2.45, 2.75) is 26.2 Å². The Balaban J connectivity index is 2.07. The van der Waals surface area contributed by atoms with E-state index in [0.29, 0.717) is 18.9 Å². The number of carbonyl (C=O) groups is 1. The van der Waals surface area contributed by atoms with E-state index < -0.39 is 5.92 Å². The smallest absolute Gasteiger partial charge is 0.318 e. The topological polar surface area (TPSA) is 74.5 Å². The van der Waals surface area contributed by atoms with Crippen molar-refractivity contribution in [1.82, 2.24) is 10.1 Å². The van der Waals surface area contributed by atoms with Crippen molar-refractivity contribution in [2.24, 2.45) is 0 Å². The second kappa shape index (κ2) is 6.88. The zero-order valence-electron chi connectivity index (χ0n) is 12.3. The van der Waals surface area contributed by atoms with Gasteiger partial charge in [0.25, 0.3) is 0 Å². The quantitative estimate of drug-likeness (QED) is 0.760. The third kappa shape index (κ3) is 3.81. The third-order valence-corrected chi connectivity index (χ3v) is 2.99. The van der Waals surface area contributed by atoms with Gasteiger partial charge in [0.05, 0.1) is 13.7 Å². The fourth-order valence-corrected chi connectivity index (χ4v) is 1.85. The van der Waals surface area contributed by atoms with Crippen LogP contribution in [0.3, 0.4) is 0 Å². The SMILES string of the molecule is CCOC(=O)C(C)c1nc(Cc2cccc(OC)c2)no1. The monoisotopic (exact) mass is 290 g/mol. The normalized spacial score (nSPS) is 12.0. The van der Waals surface area contributed by atoms with Gasteiger partial charge in [0.15, 0.2) is 5.82 Å². The van der Waals surface area contributed by atoms with Crippen LogP contribution in [0, 0.1) is 0 Å². The largest absolute Gasteiger partial charge is 0.497 e. The predicted octanol–water partition coefficient (Wildman–Crippen LogP) is 2.34. The van der Waals surface area contributed by atoms with Crippen LogP contribution < -0.4 is 4.74 Å². The number of rotatable bonds is 6. The molecule has 6 nitrogen and oxygen atoms in total. The van der Waals surface area contributed by atoms with E-state index in [1.807, 2.05) is 24.3 Å². The molecule has 0 aliphatic carbocycles. The number of carbonyl (C=O) groups excluding carboxylic acids is 1. The van der Waals surface area contributed by atoms with Crippen molar-refractivity contribution >= 4 is 5.97 Å². The van der Waals surface area contributed by atoms with Crippen LogP contribution in [-0.2, 0) is 16.0 Å². The Labute approximate surface area is 123 Å². The van der Waals surface area contributed by atoms with E-state index in [9.17, 15) is 4.79 Å². The van der Waals surface area contributed by atoms with Gasteiger partial charge in [0.2, 0.25) is 5.89 Å². The van der Waals surface area contributed by atoms with Gasteiger partial charge in [-0.3, -0.25) is 4.79 Å². The van der Waals surface area contributed by atoms with Crippen LogP contribution in [0.25, 0.3) is 0 Å². The summed E-state index contributed by atoms with van der Waals surface area (Å²) in [5.41, 5.74) is 1.01. The lowest BCUT2D eigenvalue weighted by molar-refractivity contribution is -0.145. The zero-order valence-corrected chi connectivity index (χ0v) is 12.3. The molecule has 0 N–H and O–H groups in total. The summed E-state index contributed by atoms with van der Waals surface area (Å²) in [7, 11) is 1.62. The first kappa shape index (κ1) is 15.0. The molecule has 1 aromatic heterocycles. The van der Waals surface area contributed by atoms with Crippen molar-refractivity contribution in [3.8, 4) is 5.75 Å². The molecule has 1 atom stereocenters. The van der Waals surface area contributed by atoms with Gasteiger partial charge in [0, 0.05) is 6.42 Å². The molecular formula is C15H18N2O4. The van der Waals surface area contributed by atoms with E-state index in [2.05, 4.69) is 10.1 Å². The summed E-state index contributed by atoms with van der Waals surface area (Å²) in [6.07, 6.45) is 0.510. The number of nitrogens with zero attached hydrogens (tertiary/aromatic N) is 2. The summed E-state index contributed by atoms with van der Waals surface area (Å²) in [6, 6.07) is 7.63. The van der Waals surface area contributed by atoms with Gasteiger partial charge in [-0.25, -0.2) is 0 Å². The molecule has 2 rings (SSSR count). The summed E-state index contributed by atoms with van der Waals surface area (Å²) in [4.78, 5) is 15.9. The number of hydrogen-bond acceptors (Lipinski definition) is 6. The molecule has 6 heteroatoms. The van der Waals surface area contributed by atoms with Gasteiger partial charge in [-0.15, -0.1) is 0 Å². The number of hydrogen-bond donors (Lipinski definition) is 0. The van der Waals surface area contributed by atoms with Gasteiger partial charge in [-0.05, 0) is 31.5 Å². The molecule has 112 valence electrons. The molecular weight excluding hydrogens is 272 g/mol. The van der Waals surface area contributed by atoms with Gasteiger partial charge < -0.3 is 14.0 Å². The summed E-state index contributed by atoms with van der Waals surface area (Å²) >= 11 is 0. The van der Waals surface area contributed by atoms with E-state index in [1.165, 1.54) is 0 Å².